The zero-order valence-electron chi connectivity index (χ0n) is 15.7. The van der Waals surface area contributed by atoms with Gasteiger partial charge < -0.3 is 4.90 Å². The molecule has 0 bridgehead atoms. The lowest BCUT2D eigenvalue weighted by molar-refractivity contribution is 0.382. The summed E-state index contributed by atoms with van der Waals surface area (Å²) in [5.74, 6) is 3.28. The summed E-state index contributed by atoms with van der Waals surface area (Å²) in [6.45, 7) is 3.15. The molecule has 0 spiro atoms. The van der Waals surface area contributed by atoms with E-state index in [9.17, 15) is 0 Å². The summed E-state index contributed by atoms with van der Waals surface area (Å²) in [7, 11) is 0. The Kier molecular flexibility index (Phi) is 3.60. The zero-order valence-corrected chi connectivity index (χ0v) is 17.2. The van der Waals surface area contributed by atoms with Crippen LogP contribution >= 0.6 is 22.9 Å². The maximum Gasteiger partial charge on any atom is 0.237 e. The summed E-state index contributed by atoms with van der Waals surface area (Å²) in [5, 5.41) is 8.65. The Labute approximate surface area is 175 Å². The molecular weight excluding hydrogens is 408 g/mol. The van der Waals surface area contributed by atoms with E-state index in [1.807, 2.05) is 33.7 Å². The molecule has 0 N–H and O–H groups in total. The SMILES string of the molecule is CC[C@@]12CCCN1c1nc(-n3ccnc3-c3ccc(Cl)s3)ncc1-n1cnnc12. The van der Waals surface area contributed by atoms with Gasteiger partial charge in [0, 0.05) is 18.9 Å². The highest BCUT2D eigenvalue weighted by atomic mass is 35.5. The lowest BCUT2D eigenvalue weighted by atomic mass is 9.90. The van der Waals surface area contributed by atoms with Gasteiger partial charge in [-0.2, -0.15) is 4.98 Å². The molecular formula is C19H17ClN8S. The number of thiophene rings is 1. The Morgan fingerprint density at radius 1 is 1.24 bits per heavy atom. The highest BCUT2D eigenvalue weighted by Gasteiger charge is 2.49. The van der Waals surface area contributed by atoms with E-state index >= 15 is 0 Å². The molecule has 4 aromatic rings. The van der Waals surface area contributed by atoms with Crippen LogP contribution in [0.4, 0.5) is 5.82 Å². The molecule has 0 saturated carbocycles. The number of hydrogen-bond acceptors (Lipinski definition) is 7. The smallest absolute Gasteiger partial charge is 0.237 e. The van der Waals surface area contributed by atoms with Crippen molar-refractivity contribution in [2.45, 2.75) is 31.7 Å². The third-order valence-corrected chi connectivity index (χ3v) is 7.17. The first-order chi connectivity index (χ1) is 14.2. The summed E-state index contributed by atoms with van der Waals surface area (Å²) in [6, 6.07) is 3.85. The van der Waals surface area contributed by atoms with Crippen LogP contribution < -0.4 is 4.90 Å². The molecule has 2 aliphatic rings. The van der Waals surface area contributed by atoms with E-state index in [4.69, 9.17) is 16.6 Å². The molecule has 8 nitrogen and oxygen atoms in total. The molecule has 146 valence electrons. The molecule has 1 saturated heterocycles. The molecule has 6 heterocycles. The first kappa shape index (κ1) is 17.1. The molecule has 4 aromatic heterocycles. The van der Waals surface area contributed by atoms with E-state index in [-0.39, 0.29) is 5.54 Å². The van der Waals surface area contributed by atoms with Gasteiger partial charge in [0.2, 0.25) is 5.95 Å². The highest BCUT2D eigenvalue weighted by Crippen LogP contribution is 2.48. The Morgan fingerprint density at radius 2 is 2.17 bits per heavy atom. The van der Waals surface area contributed by atoms with Crippen molar-refractivity contribution in [3.63, 3.8) is 0 Å². The van der Waals surface area contributed by atoms with Crippen LogP contribution in [-0.2, 0) is 5.54 Å². The first-order valence-corrected chi connectivity index (χ1v) is 10.8. The molecule has 1 atom stereocenters. The highest BCUT2D eigenvalue weighted by molar-refractivity contribution is 7.19. The van der Waals surface area contributed by atoms with Gasteiger partial charge in [0.05, 0.1) is 15.4 Å². The largest absolute Gasteiger partial charge is 0.342 e. The second-order valence-corrected chi connectivity index (χ2v) is 8.98. The summed E-state index contributed by atoms with van der Waals surface area (Å²) < 4.78 is 4.68. The number of hydrogen-bond donors (Lipinski definition) is 0. The van der Waals surface area contributed by atoms with Crippen LogP contribution in [0.3, 0.4) is 0 Å². The number of aromatic nitrogens is 7. The maximum absolute atomic E-state index is 6.13. The molecule has 0 amide bonds. The monoisotopic (exact) mass is 424 g/mol. The van der Waals surface area contributed by atoms with Crippen molar-refractivity contribution in [3.8, 4) is 22.3 Å². The standard InChI is InChI=1S/C19H17ClN8S/c1-2-19-6-3-8-28(19)15-12(27-11-23-25-17(19)27)10-22-18(24-15)26-9-7-21-16(26)13-4-5-14(20)29-13/h4-5,7,9-11H,2-3,6,8H2,1H3/t19-/m0/s1. The Morgan fingerprint density at radius 3 is 3.00 bits per heavy atom. The van der Waals surface area contributed by atoms with Crippen molar-refractivity contribution in [1.82, 2.24) is 34.3 Å². The average Bonchev–Trinajstić information content (AvgIpc) is 3.52. The van der Waals surface area contributed by atoms with Crippen LogP contribution in [0.1, 0.15) is 32.0 Å². The molecule has 10 heteroatoms. The number of halogens is 1. The number of fused-ring (bicyclic) bond motifs is 6. The minimum Gasteiger partial charge on any atom is -0.342 e. The normalized spacial score (nSPS) is 19.9. The van der Waals surface area contributed by atoms with Gasteiger partial charge in [0.25, 0.3) is 0 Å². The fraction of sp³-hybridized carbons (Fsp3) is 0.316. The second-order valence-electron chi connectivity index (χ2n) is 7.27. The predicted molar refractivity (Wildman–Crippen MR) is 111 cm³/mol. The lowest BCUT2D eigenvalue weighted by Gasteiger charge is -2.42. The minimum atomic E-state index is -0.159. The van der Waals surface area contributed by atoms with Gasteiger partial charge in [0.15, 0.2) is 17.5 Å². The van der Waals surface area contributed by atoms with Crippen molar-refractivity contribution < 1.29 is 0 Å². The Bertz CT molecular complexity index is 1230. The fourth-order valence-electron chi connectivity index (χ4n) is 4.60. The third kappa shape index (κ3) is 2.28. The number of nitrogens with zero attached hydrogens (tertiary/aromatic N) is 8. The van der Waals surface area contributed by atoms with Gasteiger partial charge in [-0.15, -0.1) is 21.5 Å². The molecule has 0 radical (unpaired) electrons. The van der Waals surface area contributed by atoms with E-state index in [1.165, 1.54) is 11.3 Å². The second kappa shape index (κ2) is 6.11. The first-order valence-electron chi connectivity index (χ1n) is 9.56. The van der Waals surface area contributed by atoms with Crippen LogP contribution in [0.5, 0.6) is 0 Å². The van der Waals surface area contributed by atoms with Gasteiger partial charge in [0.1, 0.15) is 17.6 Å². The van der Waals surface area contributed by atoms with E-state index in [0.717, 1.165) is 58.2 Å². The zero-order chi connectivity index (χ0) is 19.6. The van der Waals surface area contributed by atoms with Crippen molar-refractivity contribution in [1.29, 1.82) is 0 Å². The fourth-order valence-corrected chi connectivity index (χ4v) is 5.63. The quantitative estimate of drug-likeness (QED) is 0.497. The summed E-state index contributed by atoms with van der Waals surface area (Å²) in [5.41, 5.74) is 0.759. The van der Waals surface area contributed by atoms with E-state index in [2.05, 4.69) is 32.0 Å². The Hall–Kier alpha value is -2.78. The van der Waals surface area contributed by atoms with Crippen LogP contribution in [0.2, 0.25) is 4.34 Å². The van der Waals surface area contributed by atoms with Crippen LogP contribution in [-0.4, -0.2) is 40.8 Å². The predicted octanol–water partition coefficient (Wildman–Crippen LogP) is 3.84. The summed E-state index contributed by atoms with van der Waals surface area (Å²) >= 11 is 7.62. The van der Waals surface area contributed by atoms with Gasteiger partial charge in [-0.1, -0.05) is 18.5 Å². The molecule has 2 aliphatic heterocycles. The topological polar surface area (TPSA) is 77.5 Å². The molecule has 0 aromatic carbocycles. The van der Waals surface area contributed by atoms with Crippen LogP contribution in [0, 0.1) is 0 Å². The molecule has 0 aliphatic carbocycles. The van der Waals surface area contributed by atoms with E-state index in [0.29, 0.717) is 5.95 Å². The van der Waals surface area contributed by atoms with Crippen molar-refractivity contribution in [3.05, 3.63) is 47.2 Å². The third-order valence-electron chi connectivity index (χ3n) is 5.94. The van der Waals surface area contributed by atoms with Crippen LogP contribution in [0.15, 0.2) is 37.1 Å². The minimum absolute atomic E-state index is 0.159. The number of rotatable bonds is 3. The molecule has 0 unspecified atom stereocenters. The van der Waals surface area contributed by atoms with Crippen molar-refractivity contribution in [2.75, 3.05) is 11.4 Å². The van der Waals surface area contributed by atoms with E-state index < -0.39 is 0 Å². The lowest BCUT2D eigenvalue weighted by Crippen LogP contribution is -2.46. The van der Waals surface area contributed by atoms with Crippen molar-refractivity contribution >= 4 is 28.8 Å². The van der Waals surface area contributed by atoms with Gasteiger partial charge >= 0.3 is 0 Å². The number of anilines is 1. The van der Waals surface area contributed by atoms with Crippen LogP contribution in [0.25, 0.3) is 22.3 Å². The van der Waals surface area contributed by atoms with E-state index in [1.54, 1.807) is 12.5 Å². The van der Waals surface area contributed by atoms with Gasteiger partial charge in [-0.25, -0.2) is 9.97 Å². The summed E-state index contributed by atoms with van der Waals surface area (Å²) in [4.78, 5) is 17.5. The molecule has 29 heavy (non-hydrogen) atoms. The molecule has 1 fully saturated rings. The molecule has 6 rings (SSSR count). The Balaban J connectivity index is 1.53. The van der Waals surface area contributed by atoms with Crippen molar-refractivity contribution in [2.24, 2.45) is 0 Å². The maximum atomic E-state index is 6.13. The van der Waals surface area contributed by atoms with Gasteiger partial charge in [-0.3, -0.25) is 9.13 Å². The summed E-state index contributed by atoms with van der Waals surface area (Å²) in [6.07, 6.45) is 10.4. The number of imidazole rings is 1. The average molecular weight is 425 g/mol. The van der Waals surface area contributed by atoms with Gasteiger partial charge in [-0.05, 0) is 31.4 Å².